The molecule has 112 valence electrons. The van der Waals surface area contributed by atoms with Crippen molar-refractivity contribution in [3.63, 3.8) is 0 Å². The lowest BCUT2D eigenvalue weighted by atomic mass is 9.82. The predicted octanol–water partition coefficient (Wildman–Crippen LogP) is 3.51. The van der Waals surface area contributed by atoms with E-state index in [1.54, 1.807) is 4.90 Å². The molecule has 3 aliphatic rings. The van der Waals surface area contributed by atoms with Crippen LogP contribution in [0.4, 0.5) is 0 Å². The third kappa shape index (κ3) is 2.44. The first-order valence-corrected chi connectivity index (χ1v) is 9.20. The third-order valence-electron chi connectivity index (χ3n) is 5.62. The average molecular weight is 342 g/mol. The van der Waals surface area contributed by atoms with E-state index >= 15 is 0 Å². The predicted molar refractivity (Wildman–Crippen MR) is 81.5 cm³/mol. The number of likely N-dealkylation sites (tertiary alicyclic amines) is 1. The summed E-state index contributed by atoms with van der Waals surface area (Å²) in [6, 6.07) is 0. The Balaban J connectivity index is 1.75. The first-order valence-electron chi connectivity index (χ1n) is 8.08. The molecule has 2 unspecified atom stereocenters. The Hall–Kier alpha value is -0.380. The van der Waals surface area contributed by atoms with Gasteiger partial charge in [0.1, 0.15) is 0 Å². The quantitative estimate of drug-likeness (QED) is 0.447. The van der Waals surface area contributed by atoms with Gasteiger partial charge in [0.2, 0.25) is 11.8 Å². The number of hydrogen-bond donors (Lipinski definition) is 0. The van der Waals surface area contributed by atoms with Crippen molar-refractivity contribution in [2.24, 2.45) is 17.3 Å². The normalized spacial score (nSPS) is 33.4. The number of alkyl halides is 1. The Morgan fingerprint density at radius 3 is 2.00 bits per heavy atom. The first kappa shape index (κ1) is 14.6. The standard InChI is InChI=1S/C16H24BrNO2/c17-10-16(8-3-1-2-4-9-16)11-18-14(19)12-6-5-7-13(12)15(18)20/h12-13H,1-11H2. The molecule has 2 aliphatic carbocycles. The van der Waals surface area contributed by atoms with E-state index in [9.17, 15) is 9.59 Å². The van der Waals surface area contributed by atoms with Gasteiger partial charge in [0, 0.05) is 11.9 Å². The molecule has 1 heterocycles. The number of carbonyl (C=O) groups excluding carboxylic acids is 2. The summed E-state index contributed by atoms with van der Waals surface area (Å²) >= 11 is 3.66. The number of carbonyl (C=O) groups is 2. The van der Waals surface area contributed by atoms with Gasteiger partial charge in [-0.05, 0) is 31.1 Å². The first-order chi connectivity index (χ1) is 9.67. The maximum Gasteiger partial charge on any atom is 0.233 e. The summed E-state index contributed by atoms with van der Waals surface area (Å²) in [6.45, 7) is 0.656. The van der Waals surface area contributed by atoms with Crippen molar-refractivity contribution in [2.75, 3.05) is 11.9 Å². The highest BCUT2D eigenvalue weighted by Gasteiger charge is 2.51. The molecule has 2 atom stereocenters. The Morgan fingerprint density at radius 2 is 1.50 bits per heavy atom. The molecule has 2 saturated carbocycles. The fourth-order valence-electron chi connectivity index (χ4n) is 4.36. The van der Waals surface area contributed by atoms with Gasteiger partial charge in [-0.1, -0.05) is 48.0 Å². The second-order valence-corrected chi connectivity index (χ2v) is 7.52. The van der Waals surface area contributed by atoms with E-state index in [0.717, 1.165) is 37.4 Å². The minimum Gasteiger partial charge on any atom is -0.282 e. The number of amides is 2. The summed E-state index contributed by atoms with van der Waals surface area (Å²) in [5.74, 6) is 0.283. The van der Waals surface area contributed by atoms with Crippen LogP contribution in [0.25, 0.3) is 0 Å². The molecular weight excluding hydrogens is 318 g/mol. The Bertz CT molecular complexity index is 379. The lowest BCUT2D eigenvalue weighted by molar-refractivity contribution is -0.142. The molecule has 0 bridgehead atoms. The van der Waals surface area contributed by atoms with Gasteiger partial charge < -0.3 is 0 Å². The molecule has 0 aromatic heterocycles. The monoisotopic (exact) mass is 341 g/mol. The molecule has 3 rings (SSSR count). The van der Waals surface area contributed by atoms with Crippen LogP contribution in [-0.4, -0.2) is 28.6 Å². The van der Waals surface area contributed by atoms with Crippen LogP contribution in [-0.2, 0) is 9.59 Å². The number of nitrogens with zero attached hydrogens (tertiary/aromatic N) is 1. The van der Waals surface area contributed by atoms with Crippen LogP contribution in [0.2, 0.25) is 0 Å². The number of rotatable bonds is 3. The van der Waals surface area contributed by atoms with E-state index in [1.807, 2.05) is 0 Å². The molecule has 20 heavy (non-hydrogen) atoms. The Kier molecular flexibility index (Phi) is 4.21. The number of imide groups is 1. The zero-order valence-electron chi connectivity index (χ0n) is 12.1. The van der Waals surface area contributed by atoms with Crippen LogP contribution >= 0.6 is 15.9 Å². The average Bonchev–Trinajstić information content (AvgIpc) is 2.92. The number of hydrogen-bond acceptors (Lipinski definition) is 2. The van der Waals surface area contributed by atoms with Crippen molar-refractivity contribution in [2.45, 2.75) is 57.8 Å². The van der Waals surface area contributed by atoms with Gasteiger partial charge in [0.25, 0.3) is 0 Å². The lowest BCUT2D eigenvalue weighted by Gasteiger charge is -2.34. The Labute approximate surface area is 129 Å². The second-order valence-electron chi connectivity index (χ2n) is 6.95. The third-order valence-corrected chi connectivity index (χ3v) is 6.81. The van der Waals surface area contributed by atoms with E-state index < -0.39 is 0 Å². The summed E-state index contributed by atoms with van der Waals surface area (Å²) in [7, 11) is 0. The van der Waals surface area contributed by atoms with Crippen molar-refractivity contribution in [3.05, 3.63) is 0 Å². The maximum atomic E-state index is 12.5. The topological polar surface area (TPSA) is 37.4 Å². The van der Waals surface area contributed by atoms with Crippen molar-refractivity contribution in [1.82, 2.24) is 4.90 Å². The molecule has 0 aromatic carbocycles. The van der Waals surface area contributed by atoms with E-state index in [0.29, 0.717) is 6.54 Å². The van der Waals surface area contributed by atoms with Gasteiger partial charge in [-0.25, -0.2) is 0 Å². The van der Waals surface area contributed by atoms with Crippen LogP contribution in [0.5, 0.6) is 0 Å². The van der Waals surface area contributed by atoms with E-state index in [-0.39, 0.29) is 29.1 Å². The smallest absolute Gasteiger partial charge is 0.233 e. The zero-order valence-corrected chi connectivity index (χ0v) is 13.7. The van der Waals surface area contributed by atoms with Crippen molar-refractivity contribution < 1.29 is 9.59 Å². The van der Waals surface area contributed by atoms with Gasteiger partial charge in [0.05, 0.1) is 11.8 Å². The zero-order chi connectivity index (χ0) is 14.2. The van der Waals surface area contributed by atoms with Crippen molar-refractivity contribution in [3.8, 4) is 0 Å². The summed E-state index contributed by atoms with van der Waals surface area (Å²) in [6.07, 6.45) is 10.2. The van der Waals surface area contributed by atoms with Gasteiger partial charge in [-0.2, -0.15) is 0 Å². The molecule has 2 amide bonds. The van der Waals surface area contributed by atoms with Gasteiger partial charge in [-0.15, -0.1) is 0 Å². The summed E-state index contributed by atoms with van der Waals surface area (Å²) in [4.78, 5) is 26.6. The fourth-order valence-corrected chi connectivity index (χ4v) is 5.10. The highest BCUT2D eigenvalue weighted by atomic mass is 79.9. The highest BCUT2D eigenvalue weighted by molar-refractivity contribution is 9.09. The molecule has 0 aromatic rings. The molecule has 1 aliphatic heterocycles. The number of halogens is 1. The van der Waals surface area contributed by atoms with E-state index in [1.165, 1.54) is 25.7 Å². The Morgan fingerprint density at radius 1 is 0.950 bits per heavy atom. The molecule has 0 N–H and O–H groups in total. The summed E-state index contributed by atoms with van der Waals surface area (Å²) in [5, 5.41) is 0.909. The van der Waals surface area contributed by atoms with Crippen LogP contribution < -0.4 is 0 Å². The minimum atomic E-state index is 0.0145. The van der Waals surface area contributed by atoms with Crippen molar-refractivity contribution >= 4 is 27.7 Å². The fraction of sp³-hybridized carbons (Fsp3) is 0.875. The van der Waals surface area contributed by atoms with E-state index in [4.69, 9.17) is 0 Å². The molecule has 3 fully saturated rings. The van der Waals surface area contributed by atoms with Gasteiger partial charge in [0.15, 0.2) is 0 Å². The minimum absolute atomic E-state index is 0.0145. The van der Waals surface area contributed by atoms with Crippen LogP contribution in [0.1, 0.15) is 57.8 Å². The maximum absolute atomic E-state index is 12.5. The second kappa shape index (κ2) is 5.78. The highest BCUT2D eigenvalue weighted by Crippen LogP contribution is 2.43. The van der Waals surface area contributed by atoms with Gasteiger partial charge >= 0.3 is 0 Å². The van der Waals surface area contributed by atoms with Crippen LogP contribution in [0.3, 0.4) is 0 Å². The summed E-state index contributed by atoms with van der Waals surface area (Å²) < 4.78 is 0. The van der Waals surface area contributed by atoms with Crippen LogP contribution in [0.15, 0.2) is 0 Å². The molecular formula is C16H24BrNO2. The molecule has 0 radical (unpaired) electrons. The molecule has 0 spiro atoms. The van der Waals surface area contributed by atoms with E-state index in [2.05, 4.69) is 15.9 Å². The van der Waals surface area contributed by atoms with Crippen LogP contribution in [0, 0.1) is 17.3 Å². The number of fused-ring (bicyclic) bond motifs is 1. The molecule has 1 saturated heterocycles. The molecule has 3 nitrogen and oxygen atoms in total. The SMILES string of the molecule is O=C1C2CCCC2C(=O)N1CC1(CBr)CCCCCC1. The van der Waals surface area contributed by atoms with Gasteiger partial charge in [-0.3, -0.25) is 14.5 Å². The lowest BCUT2D eigenvalue weighted by Crippen LogP contribution is -2.42. The molecule has 4 heteroatoms. The van der Waals surface area contributed by atoms with Crippen molar-refractivity contribution in [1.29, 1.82) is 0 Å². The summed E-state index contributed by atoms with van der Waals surface area (Å²) in [5.41, 5.74) is 0.125. The largest absolute Gasteiger partial charge is 0.282 e.